The molecule has 2 heterocycles. The molecule has 0 saturated carbocycles. The number of amides is 4. The maximum Gasteiger partial charge on any atom is 0.255 e. The number of nitrogens with zero attached hydrogens (tertiary/aromatic N) is 2. The van der Waals surface area contributed by atoms with Gasteiger partial charge in [-0.15, -0.1) is 0 Å². The highest BCUT2D eigenvalue weighted by Gasteiger charge is 2.30. The quantitative estimate of drug-likeness (QED) is 0.294. The number of para-hydroxylation sites is 1. The van der Waals surface area contributed by atoms with E-state index in [1.165, 1.54) is 11.2 Å². The fraction of sp³-hybridized carbons (Fsp3) is 0.367. The van der Waals surface area contributed by atoms with Crippen molar-refractivity contribution in [3.63, 3.8) is 0 Å². The average Bonchev–Trinajstić information content (AvgIpc) is 3.51. The number of hydrogen-bond donors (Lipinski definition) is 4. The number of carbonyl (C=O) groups excluding carboxylic acids is 4. The van der Waals surface area contributed by atoms with Crippen LogP contribution in [0.25, 0.3) is 0 Å². The molecule has 12 heteroatoms. The van der Waals surface area contributed by atoms with Crippen LogP contribution in [0, 0.1) is 0 Å². The Kier molecular flexibility index (Phi) is 10.5. The molecule has 0 spiro atoms. The largest absolute Gasteiger partial charge is 0.497 e. The van der Waals surface area contributed by atoms with Crippen LogP contribution in [0.5, 0.6) is 11.5 Å². The molecular formula is C30H36N6O6. The summed E-state index contributed by atoms with van der Waals surface area (Å²) in [6, 6.07) is 12.2. The minimum absolute atomic E-state index is 0.120. The lowest BCUT2D eigenvalue weighted by atomic mass is 10.1. The van der Waals surface area contributed by atoms with Crippen LogP contribution in [0.1, 0.15) is 34.5 Å². The van der Waals surface area contributed by atoms with Gasteiger partial charge >= 0.3 is 0 Å². The van der Waals surface area contributed by atoms with E-state index in [4.69, 9.17) is 9.47 Å². The van der Waals surface area contributed by atoms with Gasteiger partial charge in [-0.1, -0.05) is 24.3 Å². The molecule has 1 aliphatic rings. The highest BCUT2D eigenvalue weighted by atomic mass is 16.5. The number of likely N-dealkylation sites (N-methyl/N-ethyl adjacent to an activating group) is 1. The first-order valence-electron chi connectivity index (χ1n) is 13.8. The van der Waals surface area contributed by atoms with Crippen molar-refractivity contribution in [1.82, 2.24) is 30.8 Å². The number of aromatic amines is 1. The molecule has 1 aliphatic heterocycles. The topological polar surface area (TPSA) is 155 Å². The molecule has 0 radical (unpaired) electrons. The van der Waals surface area contributed by atoms with Crippen LogP contribution in [0.15, 0.2) is 61.1 Å². The fourth-order valence-electron chi connectivity index (χ4n) is 4.60. The normalized spacial score (nSPS) is 18.1. The van der Waals surface area contributed by atoms with Gasteiger partial charge in [-0.05, 0) is 42.7 Å². The van der Waals surface area contributed by atoms with Crippen LogP contribution in [-0.2, 0) is 27.2 Å². The second kappa shape index (κ2) is 14.7. The van der Waals surface area contributed by atoms with E-state index in [0.717, 1.165) is 11.3 Å². The Morgan fingerprint density at radius 3 is 2.76 bits per heavy atom. The summed E-state index contributed by atoms with van der Waals surface area (Å²) >= 11 is 0. The van der Waals surface area contributed by atoms with Crippen molar-refractivity contribution in [2.24, 2.45) is 0 Å². The molecule has 12 nitrogen and oxygen atoms in total. The van der Waals surface area contributed by atoms with Gasteiger partial charge in [0.05, 0.1) is 32.0 Å². The van der Waals surface area contributed by atoms with Crippen LogP contribution < -0.4 is 25.4 Å². The molecular weight excluding hydrogens is 540 g/mol. The lowest BCUT2D eigenvalue weighted by molar-refractivity contribution is -0.136. The molecule has 4 amide bonds. The summed E-state index contributed by atoms with van der Waals surface area (Å²) in [4.78, 5) is 61.4. The van der Waals surface area contributed by atoms with E-state index in [1.54, 1.807) is 44.6 Å². The Hall–Kier alpha value is -4.87. The SMILES string of the molecule is COc1cccc(CCCNC(=O)[C@@H]2CC(=O)N[C@@H](Cc3cnc[nH]3)C(=O)N(C)CCOc3ccccc3C(=O)N2)c1. The van der Waals surface area contributed by atoms with Crippen molar-refractivity contribution < 1.29 is 28.7 Å². The summed E-state index contributed by atoms with van der Waals surface area (Å²) in [6.45, 7) is 0.675. The Morgan fingerprint density at radius 1 is 1.14 bits per heavy atom. The van der Waals surface area contributed by atoms with Crippen LogP contribution >= 0.6 is 0 Å². The van der Waals surface area contributed by atoms with Crippen molar-refractivity contribution in [1.29, 1.82) is 0 Å². The van der Waals surface area contributed by atoms with Crippen molar-refractivity contribution >= 4 is 23.6 Å². The number of methoxy groups -OCH3 is 1. The third kappa shape index (κ3) is 8.32. The standard InChI is InChI=1S/C30H36N6O6/c1-36-13-14-42-26-11-4-3-10-23(26)28(38)35-24(17-27(37)34-25(30(36)40)16-21-18-31-19-33-21)29(39)32-12-6-8-20-7-5-9-22(15-20)41-2/h3-5,7,9-11,15,18-19,24-25H,6,8,12-14,16-17H2,1-2H3,(H,31,33)(H,32,39)(H,34,37)(H,35,38)/t24-,25-/m0/s1. The predicted molar refractivity (Wildman–Crippen MR) is 154 cm³/mol. The molecule has 222 valence electrons. The first-order chi connectivity index (χ1) is 20.3. The number of fused-ring (bicyclic) bond motifs is 1. The molecule has 3 aromatic rings. The van der Waals surface area contributed by atoms with Gasteiger partial charge in [0.15, 0.2) is 0 Å². The summed E-state index contributed by atoms with van der Waals surface area (Å²) in [7, 11) is 3.22. The number of aromatic nitrogens is 2. The second-order valence-corrected chi connectivity index (χ2v) is 9.98. The van der Waals surface area contributed by atoms with Crippen LogP contribution in [0.3, 0.4) is 0 Å². The number of carbonyl (C=O) groups is 4. The third-order valence-corrected chi connectivity index (χ3v) is 6.89. The maximum absolute atomic E-state index is 13.3. The summed E-state index contributed by atoms with van der Waals surface area (Å²) < 4.78 is 11.1. The molecule has 0 aliphatic carbocycles. The zero-order chi connectivity index (χ0) is 29.9. The zero-order valence-corrected chi connectivity index (χ0v) is 23.7. The van der Waals surface area contributed by atoms with E-state index < -0.39 is 29.8 Å². The van der Waals surface area contributed by atoms with E-state index in [-0.39, 0.29) is 37.5 Å². The fourth-order valence-corrected chi connectivity index (χ4v) is 4.60. The first-order valence-corrected chi connectivity index (χ1v) is 13.8. The molecule has 0 bridgehead atoms. The van der Waals surface area contributed by atoms with E-state index in [2.05, 4.69) is 25.9 Å². The molecule has 4 N–H and O–H groups in total. The Balaban J connectivity index is 1.49. The van der Waals surface area contributed by atoms with Gasteiger partial charge < -0.3 is 35.3 Å². The predicted octanol–water partition coefficient (Wildman–Crippen LogP) is 1.23. The number of aryl methyl sites for hydroxylation is 1. The molecule has 0 fully saturated rings. The molecule has 4 rings (SSSR count). The van der Waals surface area contributed by atoms with Gasteiger partial charge in [0, 0.05) is 31.9 Å². The van der Waals surface area contributed by atoms with E-state index in [9.17, 15) is 19.2 Å². The summed E-state index contributed by atoms with van der Waals surface area (Å²) in [5, 5.41) is 8.27. The number of benzene rings is 2. The molecule has 42 heavy (non-hydrogen) atoms. The van der Waals surface area contributed by atoms with Crippen molar-refractivity contribution in [3.8, 4) is 11.5 Å². The van der Waals surface area contributed by atoms with Crippen LogP contribution in [0.4, 0.5) is 0 Å². The second-order valence-electron chi connectivity index (χ2n) is 9.98. The number of rotatable bonds is 8. The average molecular weight is 577 g/mol. The van der Waals surface area contributed by atoms with Gasteiger partial charge in [-0.3, -0.25) is 19.2 Å². The minimum atomic E-state index is -1.19. The van der Waals surface area contributed by atoms with Gasteiger partial charge in [-0.2, -0.15) is 0 Å². The first kappa shape index (κ1) is 30.1. The molecule has 0 unspecified atom stereocenters. The van der Waals surface area contributed by atoms with E-state index in [0.29, 0.717) is 30.8 Å². The maximum atomic E-state index is 13.3. The van der Waals surface area contributed by atoms with Crippen LogP contribution in [0.2, 0.25) is 0 Å². The molecule has 0 saturated heterocycles. The number of H-pyrrole nitrogens is 1. The van der Waals surface area contributed by atoms with E-state index >= 15 is 0 Å². The Morgan fingerprint density at radius 2 is 1.98 bits per heavy atom. The summed E-state index contributed by atoms with van der Waals surface area (Å²) in [6.07, 6.45) is 4.20. The molecule has 2 atom stereocenters. The highest BCUT2D eigenvalue weighted by molar-refractivity contribution is 6.01. The smallest absolute Gasteiger partial charge is 0.255 e. The summed E-state index contributed by atoms with van der Waals surface area (Å²) in [5.41, 5.74) is 1.94. The van der Waals surface area contributed by atoms with Gasteiger partial charge in [0.2, 0.25) is 17.7 Å². The summed E-state index contributed by atoms with van der Waals surface area (Å²) in [5.74, 6) is -0.878. The van der Waals surface area contributed by atoms with E-state index in [1.807, 2.05) is 24.3 Å². The van der Waals surface area contributed by atoms with Crippen molar-refractivity contribution in [2.45, 2.75) is 37.8 Å². The number of nitrogens with one attached hydrogen (secondary N) is 4. The molecule has 1 aromatic heterocycles. The lowest BCUT2D eigenvalue weighted by Crippen LogP contribution is -2.53. The lowest BCUT2D eigenvalue weighted by Gasteiger charge is -2.26. The Bertz CT molecular complexity index is 1380. The third-order valence-electron chi connectivity index (χ3n) is 6.89. The zero-order valence-electron chi connectivity index (χ0n) is 23.7. The minimum Gasteiger partial charge on any atom is -0.497 e. The number of ether oxygens (including phenoxy) is 2. The monoisotopic (exact) mass is 576 g/mol. The highest BCUT2D eigenvalue weighted by Crippen LogP contribution is 2.19. The van der Waals surface area contributed by atoms with Gasteiger partial charge in [0.25, 0.3) is 5.91 Å². The van der Waals surface area contributed by atoms with Crippen molar-refractivity contribution in [2.75, 3.05) is 33.9 Å². The van der Waals surface area contributed by atoms with Crippen LogP contribution in [-0.4, -0.2) is 84.4 Å². The van der Waals surface area contributed by atoms with Gasteiger partial charge in [-0.25, -0.2) is 4.98 Å². The molecule has 2 aromatic carbocycles. The van der Waals surface area contributed by atoms with Crippen molar-refractivity contribution in [3.05, 3.63) is 77.9 Å². The number of hydrogen-bond acceptors (Lipinski definition) is 7. The number of imidazole rings is 1. The van der Waals surface area contributed by atoms with Gasteiger partial charge in [0.1, 0.15) is 30.2 Å². The Labute approximate surface area is 244 Å².